The molecule has 0 spiro atoms. The Balaban J connectivity index is 2.82. The minimum absolute atomic E-state index is 0.0857. The Morgan fingerprint density at radius 2 is 1.84 bits per heavy atom. The molecule has 19 heavy (non-hydrogen) atoms. The van der Waals surface area contributed by atoms with Crippen molar-refractivity contribution in [1.82, 2.24) is 0 Å². The van der Waals surface area contributed by atoms with Crippen LogP contribution in [-0.2, 0) is 14.6 Å². The van der Waals surface area contributed by atoms with Crippen molar-refractivity contribution in [3.8, 4) is 0 Å². The summed E-state index contributed by atoms with van der Waals surface area (Å²) in [6.07, 6.45) is 0.824. The summed E-state index contributed by atoms with van der Waals surface area (Å²) in [5, 5.41) is 3.13. The number of methoxy groups -OCH3 is 1. The van der Waals surface area contributed by atoms with Crippen LogP contribution in [0.3, 0.4) is 0 Å². The van der Waals surface area contributed by atoms with E-state index in [1.165, 1.54) is 24.3 Å². The highest BCUT2D eigenvalue weighted by atomic mass is 32.2. The molecule has 1 atom stereocenters. The van der Waals surface area contributed by atoms with Crippen LogP contribution in [0.5, 0.6) is 0 Å². The Hall–Kier alpha value is -1.21. The molecule has 0 aliphatic rings. The number of anilines is 1. The molecule has 108 valence electrons. The van der Waals surface area contributed by atoms with Crippen molar-refractivity contribution >= 4 is 15.5 Å². The summed E-state index contributed by atoms with van der Waals surface area (Å²) in [6.45, 7) is 2.49. The van der Waals surface area contributed by atoms with E-state index >= 15 is 0 Å². The Morgan fingerprint density at radius 1 is 1.26 bits per heavy atom. The van der Waals surface area contributed by atoms with E-state index in [2.05, 4.69) is 5.32 Å². The monoisotopic (exact) mass is 293 g/mol. The van der Waals surface area contributed by atoms with E-state index in [1.807, 2.05) is 6.92 Å². The van der Waals surface area contributed by atoms with Gasteiger partial charge in [-0.2, -0.15) is 8.78 Å². The molecule has 1 unspecified atom stereocenters. The lowest BCUT2D eigenvalue weighted by atomic mass is 10.2. The van der Waals surface area contributed by atoms with Gasteiger partial charge in [-0.25, -0.2) is 8.42 Å². The van der Waals surface area contributed by atoms with Crippen LogP contribution in [-0.4, -0.2) is 33.9 Å². The second-order valence-electron chi connectivity index (χ2n) is 4.03. The number of hydrogen-bond donors (Lipinski definition) is 1. The molecular weight excluding hydrogens is 276 g/mol. The van der Waals surface area contributed by atoms with Crippen molar-refractivity contribution in [2.24, 2.45) is 0 Å². The normalized spacial score (nSPS) is 13.5. The summed E-state index contributed by atoms with van der Waals surface area (Å²) in [5.41, 5.74) is 0.664. The lowest BCUT2D eigenvalue weighted by Gasteiger charge is -2.17. The van der Waals surface area contributed by atoms with Crippen LogP contribution >= 0.6 is 0 Å². The average Bonchev–Trinajstić information content (AvgIpc) is 2.38. The molecule has 1 rings (SSSR count). The van der Waals surface area contributed by atoms with Crippen LogP contribution in [0.25, 0.3) is 0 Å². The van der Waals surface area contributed by atoms with Gasteiger partial charge in [0.1, 0.15) is 0 Å². The van der Waals surface area contributed by atoms with Gasteiger partial charge in [0.15, 0.2) is 0 Å². The zero-order valence-electron chi connectivity index (χ0n) is 10.8. The molecule has 7 heteroatoms. The molecule has 0 aliphatic heterocycles. The lowest BCUT2D eigenvalue weighted by Crippen LogP contribution is -2.23. The van der Waals surface area contributed by atoms with Gasteiger partial charge in [-0.3, -0.25) is 0 Å². The molecule has 0 saturated carbocycles. The molecule has 1 aromatic rings. The summed E-state index contributed by atoms with van der Waals surface area (Å²) >= 11 is 0. The minimum Gasteiger partial charge on any atom is -0.383 e. The number of halogens is 2. The van der Waals surface area contributed by atoms with Gasteiger partial charge in [0.2, 0.25) is 9.84 Å². The topological polar surface area (TPSA) is 55.4 Å². The summed E-state index contributed by atoms with van der Waals surface area (Å²) < 4.78 is 52.2. The van der Waals surface area contributed by atoms with E-state index in [1.54, 1.807) is 7.11 Å². The summed E-state index contributed by atoms with van der Waals surface area (Å²) in [4.78, 5) is -0.382. The fourth-order valence-electron chi connectivity index (χ4n) is 1.54. The number of benzene rings is 1. The van der Waals surface area contributed by atoms with Crippen molar-refractivity contribution in [1.29, 1.82) is 0 Å². The highest BCUT2D eigenvalue weighted by Gasteiger charge is 2.26. The fraction of sp³-hybridized carbons (Fsp3) is 0.500. The maximum atomic E-state index is 12.3. The van der Waals surface area contributed by atoms with E-state index in [4.69, 9.17) is 4.74 Å². The molecule has 0 bridgehead atoms. The molecule has 0 fully saturated rings. The molecule has 0 aromatic heterocycles. The SMILES string of the molecule is CCC(COC)Nc1ccc(S(=O)(=O)C(F)F)cc1. The molecule has 0 aliphatic carbocycles. The maximum absolute atomic E-state index is 12.3. The quantitative estimate of drug-likeness (QED) is 0.839. The largest absolute Gasteiger partial charge is 0.383 e. The lowest BCUT2D eigenvalue weighted by molar-refractivity contribution is 0.184. The van der Waals surface area contributed by atoms with Gasteiger partial charge >= 0.3 is 5.76 Å². The molecule has 0 amide bonds. The van der Waals surface area contributed by atoms with E-state index in [9.17, 15) is 17.2 Å². The van der Waals surface area contributed by atoms with Gasteiger partial charge in [0.25, 0.3) is 0 Å². The first-order chi connectivity index (χ1) is 8.91. The van der Waals surface area contributed by atoms with Gasteiger partial charge in [-0.05, 0) is 30.7 Å². The first kappa shape index (κ1) is 15.8. The van der Waals surface area contributed by atoms with E-state index in [0.29, 0.717) is 12.3 Å². The zero-order chi connectivity index (χ0) is 14.5. The second kappa shape index (κ2) is 6.81. The third kappa shape index (κ3) is 4.14. The molecule has 1 aromatic carbocycles. The molecule has 0 saturated heterocycles. The maximum Gasteiger partial charge on any atom is 0.341 e. The smallest absolute Gasteiger partial charge is 0.341 e. The molecular formula is C12H17F2NO3S. The second-order valence-corrected chi connectivity index (χ2v) is 5.95. The van der Waals surface area contributed by atoms with Crippen LogP contribution in [0.4, 0.5) is 14.5 Å². The van der Waals surface area contributed by atoms with E-state index in [0.717, 1.165) is 6.42 Å². The van der Waals surface area contributed by atoms with Gasteiger partial charge in [-0.15, -0.1) is 0 Å². The Morgan fingerprint density at radius 3 is 2.26 bits per heavy atom. The number of sulfone groups is 1. The van der Waals surface area contributed by atoms with Gasteiger partial charge in [0, 0.05) is 18.8 Å². The predicted octanol–water partition coefficient (Wildman–Crippen LogP) is 2.52. The Bertz CT molecular complexity index is 488. The third-order valence-electron chi connectivity index (χ3n) is 2.65. The molecule has 4 nitrogen and oxygen atoms in total. The van der Waals surface area contributed by atoms with Gasteiger partial charge in [-0.1, -0.05) is 6.92 Å². The van der Waals surface area contributed by atoms with Crippen molar-refractivity contribution in [2.45, 2.75) is 30.0 Å². The molecule has 0 heterocycles. The Kier molecular flexibility index (Phi) is 5.68. The van der Waals surface area contributed by atoms with Crippen molar-refractivity contribution in [3.63, 3.8) is 0 Å². The van der Waals surface area contributed by atoms with Crippen molar-refractivity contribution < 1.29 is 21.9 Å². The number of hydrogen-bond acceptors (Lipinski definition) is 4. The highest BCUT2D eigenvalue weighted by molar-refractivity contribution is 7.91. The third-order valence-corrected chi connectivity index (χ3v) is 4.05. The predicted molar refractivity (Wildman–Crippen MR) is 69.2 cm³/mol. The van der Waals surface area contributed by atoms with Crippen LogP contribution < -0.4 is 5.32 Å². The minimum atomic E-state index is -4.52. The number of ether oxygens (including phenoxy) is 1. The van der Waals surface area contributed by atoms with Crippen LogP contribution in [0, 0.1) is 0 Å². The summed E-state index contributed by atoms with van der Waals surface area (Å²) in [7, 11) is -2.94. The number of nitrogens with one attached hydrogen (secondary N) is 1. The molecule has 1 N–H and O–H groups in total. The van der Waals surface area contributed by atoms with Crippen LogP contribution in [0.1, 0.15) is 13.3 Å². The van der Waals surface area contributed by atoms with Gasteiger partial charge in [0.05, 0.1) is 11.5 Å². The first-order valence-corrected chi connectivity index (χ1v) is 7.34. The van der Waals surface area contributed by atoms with Crippen LogP contribution in [0.2, 0.25) is 0 Å². The fourth-order valence-corrected chi connectivity index (χ4v) is 2.26. The van der Waals surface area contributed by atoms with E-state index in [-0.39, 0.29) is 10.9 Å². The summed E-state index contributed by atoms with van der Waals surface area (Å²) in [5.74, 6) is -3.40. The van der Waals surface area contributed by atoms with E-state index < -0.39 is 15.6 Å². The summed E-state index contributed by atoms with van der Waals surface area (Å²) in [6, 6.07) is 5.36. The zero-order valence-corrected chi connectivity index (χ0v) is 11.6. The van der Waals surface area contributed by atoms with Crippen LogP contribution in [0.15, 0.2) is 29.2 Å². The van der Waals surface area contributed by atoms with Crippen molar-refractivity contribution in [2.75, 3.05) is 19.0 Å². The standard InChI is InChI=1S/C12H17F2NO3S/c1-3-9(8-18-2)15-10-4-6-11(7-5-10)19(16,17)12(13)14/h4-7,9,12,15H,3,8H2,1-2H3. The molecule has 0 radical (unpaired) electrons. The number of alkyl halides is 2. The average molecular weight is 293 g/mol. The number of rotatable bonds is 7. The van der Waals surface area contributed by atoms with Gasteiger partial charge < -0.3 is 10.1 Å². The Labute approximate surface area is 111 Å². The highest BCUT2D eigenvalue weighted by Crippen LogP contribution is 2.20. The van der Waals surface area contributed by atoms with Crippen molar-refractivity contribution in [3.05, 3.63) is 24.3 Å². The first-order valence-electron chi connectivity index (χ1n) is 5.79.